The number of aromatic nitrogens is 3. The number of nitrogens with zero attached hydrogens (tertiary/aromatic N) is 4. The highest BCUT2D eigenvalue weighted by Crippen LogP contribution is 2.28. The van der Waals surface area contributed by atoms with Gasteiger partial charge in [-0.25, -0.2) is 8.42 Å². The lowest BCUT2D eigenvalue weighted by Gasteiger charge is -2.10. The van der Waals surface area contributed by atoms with E-state index in [0.717, 1.165) is 6.07 Å². The standard InChI is InChI=1S/C15H14N8O5S/c16-11-7-6-9(8-12(11)23(24)25)28-15-19-13(17)18-14(20-15)21-22-29(26,27)10-4-2-1-3-5-10/h1-8,22H,16H2,(H3,17,18,19,20,21). The minimum absolute atomic E-state index is 0.0141. The van der Waals surface area contributed by atoms with Crippen molar-refractivity contribution in [2.75, 3.05) is 16.9 Å². The minimum atomic E-state index is -3.89. The Hall–Kier alpha value is -4.04. The van der Waals surface area contributed by atoms with E-state index in [0.29, 0.717) is 0 Å². The summed E-state index contributed by atoms with van der Waals surface area (Å²) in [6, 6.07) is 11.0. The van der Waals surface area contributed by atoms with Crippen molar-refractivity contribution in [2.24, 2.45) is 0 Å². The molecule has 0 atom stereocenters. The predicted molar refractivity (Wildman–Crippen MR) is 102 cm³/mol. The molecule has 0 saturated heterocycles. The SMILES string of the molecule is Nc1nc(NNS(=O)(=O)c2ccccc2)nc(Oc2ccc(N)c([N+](=O)[O-])c2)n1. The Kier molecular flexibility index (Phi) is 5.38. The van der Waals surface area contributed by atoms with E-state index < -0.39 is 14.9 Å². The molecule has 13 nitrogen and oxygen atoms in total. The molecule has 0 amide bonds. The maximum absolute atomic E-state index is 12.2. The summed E-state index contributed by atoms with van der Waals surface area (Å²) in [6.45, 7) is 0. The van der Waals surface area contributed by atoms with Crippen molar-refractivity contribution < 1.29 is 18.1 Å². The number of hydrogen-bond donors (Lipinski definition) is 4. The topological polar surface area (TPSA) is 201 Å². The van der Waals surface area contributed by atoms with Gasteiger partial charge in [0.05, 0.1) is 15.9 Å². The molecule has 0 saturated carbocycles. The van der Waals surface area contributed by atoms with Crippen molar-refractivity contribution >= 4 is 33.3 Å². The average Bonchev–Trinajstić information content (AvgIpc) is 2.68. The first-order valence-electron chi connectivity index (χ1n) is 7.81. The van der Waals surface area contributed by atoms with Crippen molar-refractivity contribution in [3.05, 3.63) is 58.6 Å². The number of nitro groups is 1. The molecule has 150 valence electrons. The Morgan fingerprint density at radius 2 is 1.76 bits per heavy atom. The molecule has 0 unspecified atom stereocenters. The number of benzene rings is 2. The zero-order valence-electron chi connectivity index (χ0n) is 14.5. The van der Waals surface area contributed by atoms with Crippen LogP contribution in [0.1, 0.15) is 0 Å². The first-order valence-corrected chi connectivity index (χ1v) is 9.29. The summed E-state index contributed by atoms with van der Waals surface area (Å²) in [5, 5.41) is 11.0. The van der Waals surface area contributed by atoms with Crippen LogP contribution in [0.15, 0.2) is 53.4 Å². The van der Waals surface area contributed by atoms with Gasteiger partial charge in [-0.2, -0.15) is 15.0 Å². The molecule has 6 N–H and O–H groups in total. The summed E-state index contributed by atoms with van der Waals surface area (Å²) in [6.07, 6.45) is 0. The number of nitrogen functional groups attached to an aromatic ring is 2. The van der Waals surface area contributed by atoms with Crippen LogP contribution >= 0.6 is 0 Å². The molecule has 0 bridgehead atoms. The third-order valence-electron chi connectivity index (χ3n) is 3.39. The van der Waals surface area contributed by atoms with E-state index in [-0.39, 0.29) is 39.9 Å². The Bertz CT molecular complexity index is 1160. The molecule has 0 radical (unpaired) electrons. The molecule has 0 aliphatic carbocycles. The molecule has 3 rings (SSSR count). The normalized spacial score (nSPS) is 11.0. The second-order valence-electron chi connectivity index (χ2n) is 5.42. The van der Waals surface area contributed by atoms with Gasteiger partial charge in [-0.1, -0.05) is 18.2 Å². The second-order valence-corrected chi connectivity index (χ2v) is 7.11. The van der Waals surface area contributed by atoms with Crippen LogP contribution in [-0.2, 0) is 10.0 Å². The van der Waals surface area contributed by atoms with Gasteiger partial charge in [-0.05, 0) is 24.3 Å². The summed E-state index contributed by atoms with van der Waals surface area (Å²) >= 11 is 0. The summed E-state index contributed by atoms with van der Waals surface area (Å²) < 4.78 is 29.8. The smallest absolute Gasteiger partial charge is 0.328 e. The highest BCUT2D eigenvalue weighted by molar-refractivity contribution is 7.89. The largest absolute Gasteiger partial charge is 0.424 e. The molecule has 0 aliphatic heterocycles. The molecule has 2 aromatic carbocycles. The average molecular weight is 418 g/mol. The highest BCUT2D eigenvalue weighted by Gasteiger charge is 2.16. The van der Waals surface area contributed by atoms with E-state index in [4.69, 9.17) is 16.2 Å². The number of hydrazine groups is 1. The van der Waals surface area contributed by atoms with Gasteiger partial charge < -0.3 is 16.2 Å². The lowest BCUT2D eigenvalue weighted by atomic mass is 10.2. The number of anilines is 3. The fourth-order valence-electron chi connectivity index (χ4n) is 2.10. The van der Waals surface area contributed by atoms with E-state index in [1.165, 1.54) is 24.3 Å². The Labute approximate surface area is 163 Å². The van der Waals surface area contributed by atoms with Crippen LogP contribution in [0, 0.1) is 10.1 Å². The summed E-state index contributed by atoms with van der Waals surface area (Å²) in [5.74, 6) is -0.509. The molecule has 0 aliphatic rings. The first-order chi connectivity index (χ1) is 13.7. The van der Waals surface area contributed by atoms with Gasteiger partial charge in [0.25, 0.3) is 15.7 Å². The second kappa shape index (κ2) is 7.91. The van der Waals surface area contributed by atoms with Gasteiger partial charge in [-0.3, -0.25) is 15.5 Å². The molecule has 1 aromatic heterocycles. The monoisotopic (exact) mass is 418 g/mol. The zero-order chi connectivity index (χ0) is 21.0. The van der Waals surface area contributed by atoms with Crippen LogP contribution in [0.4, 0.5) is 23.3 Å². The number of hydrogen-bond acceptors (Lipinski definition) is 11. The van der Waals surface area contributed by atoms with Crippen LogP contribution in [0.25, 0.3) is 0 Å². The third-order valence-corrected chi connectivity index (χ3v) is 4.65. The lowest BCUT2D eigenvalue weighted by molar-refractivity contribution is -0.384. The van der Waals surface area contributed by atoms with Crippen molar-refractivity contribution in [3.63, 3.8) is 0 Å². The van der Waals surface area contributed by atoms with E-state index in [1.807, 2.05) is 0 Å². The molecule has 14 heteroatoms. The van der Waals surface area contributed by atoms with E-state index in [9.17, 15) is 18.5 Å². The van der Waals surface area contributed by atoms with E-state index in [2.05, 4.69) is 25.2 Å². The maximum atomic E-state index is 12.2. The summed E-state index contributed by atoms with van der Waals surface area (Å²) in [4.78, 5) is 23.7. The first kappa shape index (κ1) is 19.7. The molecule has 1 heterocycles. The van der Waals surface area contributed by atoms with Gasteiger partial charge >= 0.3 is 6.01 Å². The summed E-state index contributed by atoms with van der Waals surface area (Å²) in [7, 11) is -3.89. The van der Waals surface area contributed by atoms with Gasteiger partial charge in [-0.15, -0.1) is 4.83 Å². The van der Waals surface area contributed by atoms with Crippen molar-refractivity contribution in [3.8, 4) is 11.8 Å². The molecule has 0 spiro atoms. The number of nitrogens with two attached hydrogens (primary N) is 2. The van der Waals surface area contributed by atoms with Crippen LogP contribution in [-0.4, -0.2) is 28.3 Å². The van der Waals surface area contributed by atoms with Gasteiger partial charge in [0.15, 0.2) is 0 Å². The molecule has 0 fully saturated rings. The van der Waals surface area contributed by atoms with Gasteiger partial charge in [0.2, 0.25) is 11.9 Å². The molecular weight excluding hydrogens is 404 g/mol. The molecule has 3 aromatic rings. The zero-order valence-corrected chi connectivity index (χ0v) is 15.3. The Morgan fingerprint density at radius 1 is 1.03 bits per heavy atom. The van der Waals surface area contributed by atoms with Crippen molar-refractivity contribution in [1.82, 2.24) is 19.8 Å². The van der Waals surface area contributed by atoms with Crippen molar-refractivity contribution in [2.45, 2.75) is 4.90 Å². The number of nitrogens with one attached hydrogen (secondary N) is 2. The van der Waals surface area contributed by atoms with Crippen LogP contribution in [0.5, 0.6) is 11.8 Å². The fraction of sp³-hybridized carbons (Fsp3) is 0. The number of nitro benzene ring substituents is 1. The highest BCUT2D eigenvalue weighted by atomic mass is 32.2. The number of ether oxygens (including phenoxy) is 1. The third kappa shape index (κ3) is 4.82. The van der Waals surface area contributed by atoms with Crippen LogP contribution < -0.4 is 26.5 Å². The fourth-order valence-corrected chi connectivity index (χ4v) is 2.95. The number of sulfonamides is 1. The van der Waals surface area contributed by atoms with Gasteiger partial charge in [0, 0.05) is 0 Å². The van der Waals surface area contributed by atoms with Crippen molar-refractivity contribution in [1.29, 1.82) is 0 Å². The molecular formula is C15H14N8O5S. The Morgan fingerprint density at radius 3 is 2.45 bits per heavy atom. The number of rotatable bonds is 7. The summed E-state index contributed by atoms with van der Waals surface area (Å²) in [5.41, 5.74) is 13.0. The van der Waals surface area contributed by atoms with Crippen LogP contribution in [0.3, 0.4) is 0 Å². The Balaban J connectivity index is 1.78. The maximum Gasteiger partial charge on any atom is 0.328 e. The van der Waals surface area contributed by atoms with E-state index >= 15 is 0 Å². The lowest BCUT2D eigenvalue weighted by Crippen LogP contribution is -2.30. The minimum Gasteiger partial charge on any atom is -0.424 e. The van der Waals surface area contributed by atoms with Gasteiger partial charge in [0.1, 0.15) is 11.4 Å². The predicted octanol–water partition coefficient (Wildman–Crippen LogP) is 1.04. The molecule has 29 heavy (non-hydrogen) atoms. The van der Waals surface area contributed by atoms with Crippen LogP contribution in [0.2, 0.25) is 0 Å². The quantitative estimate of drug-likeness (QED) is 0.242. The van der Waals surface area contributed by atoms with E-state index in [1.54, 1.807) is 18.2 Å².